The Kier molecular flexibility index (Phi) is 8.04. The molecule has 0 bridgehead atoms. The lowest BCUT2D eigenvalue weighted by molar-refractivity contribution is -0.129. The smallest absolute Gasteiger partial charge is 0.222 e. The number of guanidine groups is 1. The fourth-order valence-electron chi connectivity index (χ4n) is 4.10. The van der Waals surface area contributed by atoms with E-state index in [0.29, 0.717) is 12.5 Å². The Bertz CT molecular complexity index is 441. The van der Waals surface area contributed by atoms with E-state index in [1.165, 1.54) is 25.7 Å². The van der Waals surface area contributed by atoms with Crippen molar-refractivity contribution < 1.29 is 4.79 Å². The Hall–Kier alpha value is -1.26. The minimum atomic E-state index is 0.258. The molecule has 5 heteroatoms. The number of likely N-dealkylation sites (tertiary alicyclic amines) is 1. The van der Waals surface area contributed by atoms with Gasteiger partial charge in [0.15, 0.2) is 5.96 Å². The Morgan fingerprint density at radius 3 is 2.48 bits per heavy atom. The average molecular weight is 351 g/mol. The highest BCUT2D eigenvalue weighted by Crippen LogP contribution is 2.33. The largest absolute Gasteiger partial charge is 0.357 e. The summed E-state index contributed by atoms with van der Waals surface area (Å²) in [6, 6.07) is 0.324. The van der Waals surface area contributed by atoms with Crippen molar-refractivity contribution in [1.82, 2.24) is 15.5 Å². The number of carbonyl (C=O) groups excluding carboxylic acids is 1. The number of aliphatic imine (C=N–C) groups is 1. The molecule has 0 radical (unpaired) electrons. The van der Waals surface area contributed by atoms with Gasteiger partial charge in [0.2, 0.25) is 5.91 Å². The molecule has 1 saturated carbocycles. The molecule has 1 unspecified atom stereocenters. The molecule has 2 fully saturated rings. The van der Waals surface area contributed by atoms with Crippen LogP contribution in [0.1, 0.15) is 66.2 Å². The molecule has 0 aromatic heterocycles. The van der Waals surface area contributed by atoms with Crippen LogP contribution < -0.4 is 10.6 Å². The van der Waals surface area contributed by atoms with Crippen LogP contribution in [0.25, 0.3) is 0 Å². The first-order chi connectivity index (χ1) is 12.0. The summed E-state index contributed by atoms with van der Waals surface area (Å²) >= 11 is 0. The Labute approximate surface area is 154 Å². The zero-order valence-electron chi connectivity index (χ0n) is 16.7. The lowest BCUT2D eigenvalue weighted by Gasteiger charge is -2.30. The van der Waals surface area contributed by atoms with Gasteiger partial charge in [0.1, 0.15) is 0 Å². The molecule has 25 heavy (non-hydrogen) atoms. The van der Waals surface area contributed by atoms with Gasteiger partial charge >= 0.3 is 0 Å². The summed E-state index contributed by atoms with van der Waals surface area (Å²) in [5, 5.41) is 6.91. The third-order valence-corrected chi connectivity index (χ3v) is 5.87. The molecule has 1 aliphatic carbocycles. The van der Waals surface area contributed by atoms with E-state index in [1.807, 2.05) is 11.8 Å². The third kappa shape index (κ3) is 6.19. The number of carbonyl (C=O) groups is 1. The summed E-state index contributed by atoms with van der Waals surface area (Å²) in [7, 11) is 0. The molecule has 1 heterocycles. The van der Waals surface area contributed by atoms with E-state index in [4.69, 9.17) is 4.99 Å². The van der Waals surface area contributed by atoms with Crippen molar-refractivity contribution in [3.8, 4) is 0 Å². The molecule has 2 aliphatic rings. The molecule has 2 N–H and O–H groups in total. The zero-order valence-corrected chi connectivity index (χ0v) is 16.7. The second kappa shape index (κ2) is 10.0. The minimum Gasteiger partial charge on any atom is -0.357 e. The maximum Gasteiger partial charge on any atom is 0.222 e. The summed E-state index contributed by atoms with van der Waals surface area (Å²) in [5.74, 6) is 3.64. The molecule has 1 aliphatic heterocycles. The molecule has 5 nitrogen and oxygen atoms in total. The molecule has 1 atom stereocenters. The van der Waals surface area contributed by atoms with Gasteiger partial charge in [-0.3, -0.25) is 9.79 Å². The molecule has 0 spiro atoms. The van der Waals surface area contributed by atoms with E-state index in [1.54, 1.807) is 0 Å². The number of amides is 1. The van der Waals surface area contributed by atoms with Crippen molar-refractivity contribution in [3.63, 3.8) is 0 Å². The number of nitrogens with one attached hydrogen (secondary N) is 2. The lowest BCUT2D eigenvalue weighted by Crippen LogP contribution is -2.45. The maximum atomic E-state index is 11.8. The van der Waals surface area contributed by atoms with Crippen LogP contribution in [0, 0.1) is 17.8 Å². The third-order valence-electron chi connectivity index (χ3n) is 5.87. The molecule has 0 aromatic carbocycles. The van der Waals surface area contributed by atoms with Crippen molar-refractivity contribution in [2.75, 3.05) is 26.2 Å². The zero-order chi connectivity index (χ0) is 18.2. The first kappa shape index (κ1) is 20.1. The summed E-state index contributed by atoms with van der Waals surface area (Å²) in [4.78, 5) is 18.6. The summed E-state index contributed by atoms with van der Waals surface area (Å²) < 4.78 is 0. The van der Waals surface area contributed by atoms with Crippen LogP contribution in [0.4, 0.5) is 0 Å². The second-order valence-corrected chi connectivity index (χ2v) is 8.07. The molecular formula is C20H38N4O. The quantitative estimate of drug-likeness (QED) is 0.572. The standard InChI is InChI=1S/C20H38N4O/c1-5-19(25)24-12-11-18(14-24)23-20(21-6-2)22-13-16-7-9-17(10-8-16)15(3)4/h15-18H,5-14H2,1-4H3,(H2,21,22,23). The fraction of sp³-hybridized carbons (Fsp3) is 0.900. The molecule has 144 valence electrons. The van der Waals surface area contributed by atoms with Crippen LogP contribution in [0.15, 0.2) is 4.99 Å². The highest BCUT2D eigenvalue weighted by atomic mass is 16.2. The number of hydrogen-bond donors (Lipinski definition) is 2. The van der Waals surface area contributed by atoms with Gasteiger partial charge in [0, 0.05) is 38.6 Å². The molecular weight excluding hydrogens is 312 g/mol. The Balaban J connectivity index is 1.80. The van der Waals surface area contributed by atoms with E-state index < -0.39 is 0 Å². The molecule has 1 amide bonds. The Morgan fingerprint density at radius 1 is 1.16 bits per heavy atom. The van der Waals surface area contributed by atoms with Crippen molar-refractivity contribution >= 4 is 11.9 Å². The molecule has 0 aromatic rings. The SMILES string of the molecule is CCNC(=NCC1CCC(C(C)C)CC1)NC1CCN(C(=O)CC)C1. The van der Waals surface area contributed by atoms with E-state index in [9.17, 15) is 4.79 Å². The van der Waals surface area contributed by atoms with Crippen molar-refractivity contribution in [2.45, 2.75) is 72.3 Å². The van der Waals surface area contributed by atoms with Gasteiger partial charge < -0.3 is 15.5 Å². The minimum absolute atomic E-state index is 0.258. The van der Waals surface area contributed by atoms with Crippen molar-refractivity contribution in [3.05, 3.63) is 0 Å². The molecule has 1 saturated heterocycles. The number of nitrogens with zero attached hydrogens (tertiary/aromatic N) is 2. The van der Waals surface area contributed by atoms with Gasteiger partial charge in [-0.2, -0.15) is 0 Å². The van der Waals surface area contributed by atoms with Crippen LogP contribution >= 0.6 is 0 Å². The van der Waals surface area contributed by atoms with Crippen molar-refractivity contribution in [2.24, 2.45) is 22.7 Å². The van der Waals surface area contributed by atoms with E-state index in [2.05, 4.69) is 31.4 Å². The Morgan fingerprint density at radius 2 is 1.88 bits per heavy atom. The highest BCUT2D eigenvalue weighted by Gasteiger charge is 2.26. The number of hydrogen-bond acceptors (Lipinski definition) is 2. The van der Waals surface area contributed by atoms with Crippen LogP contribution in [-0.4, -0.2) is 49.0 Å². The van der Waals surface area contributed by atoms with Crippen LogP contribution in [0.2, 0.25) is 0 Å². The van der Waals surface area contributed by atoms with E-state index in [0.717, 1.165) is 56.3 Å². The van der Waals surface area contributed by atoms with Gasteiger partial charge in [-0.25, -0.2) is 0 Å². The van der Waals surface area contributed by atoms with Crippen LogP contribution in [0.3, 0.4) is 0 Å². The first-order valence-corrected chi connectivity index (χ1v) is 10.4. The van der Waals surface area contributed by atoms with Gasteiger partial charge in [-0.05, 0) is 56.8 Å². The average Bonchev–Trinajstić information content (AvgIpc) is 3.08. The topological polar surface area (TPSA) is 56.7 Å². The number of rotatable bonds is 6. The predicted molar refractivity (Wildman–Crippen MR) is 105 cm³/mol. The predicted octanol–water partition coefficient (Wildman–Crippen LogP) is 3.01. The van der Waals surface area contributed by atoms with Gasteiger partial charge in [-0.15, -0.1) is 0 Å². The van der Waals surface area contributed by atoms with Gasteiger partial charge in [0.05, 0.1) is 0 Å². The summed E-state index contributed by atoms with van der Waals surface area (Å²) in [6.07, 6.45) is 6.95. The summed E-state index contributed by atoms with van der Waals surface area (Å²) in [5.41, 5.74) is 0. The monoisotopic (exact) mass is 350 g/mol. The highest BCUT2D eigenvalue weighted by molar-refractivity contribution is 5.80. The first-order valence-electron chi connectivity index (χ1n) is 10.4. The van der Waals surface area contributed by atoms with Crippen LogP contribution in [0.5, 0.6) is 0 Å². The second-order valence-electron chi connectivity index (χ2n) is 8.07. The lowest BCUT2D eigenvalue weighted by atomic mass is 9.77. The van der Waals surface area contributed by atoms with Crippen molar-refractivity contribution in [1.29, 1.82) is 0 Å². The normalized spacial score (nSPS) is 27.6. The fourth-order valence-corrected chi connectivity index (χ4v) is 4.10. The van der Waals surface area contributed by atoms with Crippen LogP contribution in [-0.2, 0) is 4.79 Å². The van der Waals surface area contributed by atoms with Gasteiger partial charge in [0.25, 0.3) is 0 Å². The van der Waals surface area contributed by atoms with Gasteiger partial charge in [-0.1, -0.05) is 20.8 Å². The van der Waals surface area contributed by atoms with E-state index in [-0.39, 0.29) is 5.91 Å². The maximum absolute atomic E-state index is 11.8. The molecule has 2 rings (SSSR count). The van der Waals surface area contributed by atoms with E-state index >= 15 is 0 Å². The summed E-state index contributed by atoms with van der Waals surface area (Å²) in [6.45, 7) is 12.2.